The lowest BCUT2D eigenvalue weighted by molar-refractivity contribution is -0.143. The molecule has 0 aliphatic rings. The normalized spacial score (nSPS) is 11.6. The van der Waals surface area contributed by atoms with E-state index in [0.29, 0.717) is 10.5 Å². The number of fused-ring (bicyclic) bond motifs is 1. The van der Waals surface area contributed by atoms with Crippen LogP contribution < -0.4 is 10.1 Å². The molecule has 3 aromatic carbocycles. The van der Waals surface area contributed by atoms with Crippen molar-refractivity contribution in [3.05, 3.63) is 94.8 Å². The highest BCUT2D eigenvalue weighted by Gasteiger charge is 2.23. The van der Waals surface area contributed by atoms with Gasteiger partial charge in [-0.1, -0.05) is 72.0 Å². The van der Waals surface area contributed by atoms with Gasteiger partial charge >= 0.3 is 5.97 Å². The van der Waals surface area contributed by atoms with Gasteiger partial charge in [-0.15, -0.1) is 0 Å². The number of amides is 2. The first kappa shape index (κ1) is 24.1. The maximum Gasteiger partial charge on any atom is 0.326 e. The highest BCUT2D eigenvalue weighted by atomic mass is 32.1. The highest BCUT2D eigenvalue weighted by molar-refractivity contribution is 7.16. The van der Waals surface area contributed by atoms with E-state index in [1.54, 1.807) is 29.7 Å². The number of nitrogens with zero attached hydrogens (tertiary/aromatic N) is 2. The lowest BCUT2D eigenvalue weighted by Gasteiger charge is -2.14. The minimum absolute atomic E-state index is 0.0826. The average molecular weight is 488 g/mol. The number of rotatable bonds is 7. The van der Waals surface area contributed by atoms with Crippen molar-refractivity contribution >= 4 is 45.0 Å². The molecule has 0 atom stereocenters. The number of esters is 1. The van der Waals surface area contributed by atoms with Crippen molar-refractivity contribution in [1.29, 1.82) is 0 Å². The highest BCUT2D eigenvalue weighted by Crippen LogP contribution is 2.27. The Morgan fingerprint density at radius 1 is 0.971 bits per heavy atom. The first-order valence-corrected chi connectivity index (χ1v) is 12.0. The van der Waals surface area contributed by atoms with Crippen molar-refractivity contribution in [2.24, 2.45) is 4.99 Å². The van der Waals surface area contributed by atoms with Crippen LogP contribution in [0, 0.1) is 0 Å². The van der Waals surface area contributed by atoms with Crippen LogP contribution in [0.3, 0.4) is 0 Å². The van der Waals surface area contributed by atoms with Gasteiger partial charge in [-0.3, -0.25) is 14.4 Å². The predicted octanol–water partition coefficient (Wildman–Crippen LogP) is 4.48. The molecule has 4 aromatic rings. The fourth-order valence-electron chi connectivity index (χ4n) is 3.86. The third-order valence-electron chi connectivity index (χ3n) is 5.31. The fourth-order valence-corrected chi connectivity index (χ4v) is 4.93. The van der Waals surface area contributed by atoms with Crippen LogP contribution in [-0.4, -0.2) is 29.0 Å². The van der Waals surface area contributed by atoms with Gasteiger partial charge in [0.15, 0.2) is 4.80 Å². The van der Waals surface area contributed by atoms with E-state index in [0.717, 1.165) is 21.3 Å². The van der Waals surface area contributed by atoms with Gasteiger partial charge in [0.2, 0.25) is 5.91 Å². The van der Waals surface area contributed by atoms with Crippen LogP contribution >= 0.6 is 11.3 Å². The van der Waals surface area contributed by atoms with Crippen LogP contribution in [0.25, 0.3) is 10.2 Å². The summed E-state index contributed by atoms with van der Waals surface area (Å²) < 4.78 is 7.61. The van der Waals surface area contributed by atoms with E-state index >= 15 is 0 Å². The zero-order valence-electron chi connectivity index (χ0n) is 19.4. The number of hydrogen-bond acceptors (Lipinski definition) is 5. The average Bonchev–Trinajstić information content (AvgIpc) is 3.16. The predicted molar refractivity (Wildman–Crippen MR) is 136 cm³/mol. The van der Waals surface area contributed by atoms with Gasteiger partial charge in [-0.25, -0.2) is 0 Å². The van der Waals surface area contributed by atoms with Gasteiger partial charge in [0.05, 0.1) is 22.7 Å². The molecule has 1 aromatic heterocycles. The Bertz CT molecular complexity index is 1390. The topological polar surface area (TPSA) is 89.8 Å². The van der Waals surface area contributed by atoms with Gasteiger partial charge in [-0.2, -0.15) is 4.99 Å². The number of nitrogens with one attached hydrogen (secondary N) is 1. The molecule has 0 saturated carbocycles. The molecule has 1 heterocycles. The lowest BCUT2D eigenvalue weighted by Crippen LogP contribution is -2.24. The molecule has 7 nitrogen and oxygen atoms in total. The number of thiazole rings is 1. The monoisotopic (exact) mass is 487 g/mol. The molecule has 0 unspecified atom stereocenters. The number of ether oxygens (including phenoxy) is 1. The SMILES string of the molecule is CCOC(=O)Cn1c(=NC(=O)C(c2ccccc2)c2ccccc2)sc2cc(NC(C)=O)ccc21. The molecule has 0 radical (unpaired) electrons. The van der Waals surface area contributed by atoms with Crippen molar-refractivity contribution in [2.45, 2.75) is 26.3 Å². The molecular formula is C27H25N3O4S. The second kappa shape index (κ2) is 10.9. The Morgan fingerprint density at radius 2 is 1.60 bits per heavy atom. The van der Waals surface area contributed by atoms with Gasteiger partial charge in [0.1, 0.15) is 6.54 Å². The van der Waals surface area contributed by atoms with E-state index in [-0.39, 0.29) is 25.0 Å². The summed E-state index contributed by atoms with van der Waals surface area (Å²) >= 11 is 1.28. The second-order valence-corrected chi connectivity index (χ2v) is 8.85. The molecule has 0 aliphatic heterocycles. The summed E-state index contributed by atoms with van der Waals surface area (Å²) in [5.41, 5.74) is 3.01. The van der Waals surface area contributed by atoms with E-state index in [2.05, 4.69) is 10.3 Å². The Kier molecular flexibility index (Phi) is 7.52. The Labute approximate surface area is 206 Å². The standard InChI is InChI=1S/C27H25N3O4S/c1-3-34-24(32)17-30-22-15-14-21(28-18(2)31)16-23(22)35-27(30)29-26(33)25(19-10-6-4-7-11-19)20-12-8-5-9-13-20/h4-16,25H,3,17H2,1-2H3,(H,28,31). The number of carbonyl (C=O) groups excluding carboxylic acids is 3. The van der Waals surface area contributed by atoms with Gasteiger partial charge in [-0.05, 0) is 36.2 Å². The Morgan fingerprint density at radius 3 is 2.17 bits per heavy atom. The lowest BCUT2D eigenvalue weighted by atomic mass is 9.91. The fraction of sp³-hybridized carbons (Fsp3) is 0.185. The zero-order chi connectivity index (χ0) is 24.8. The van der Waals surface area contributed by atoms with E-state index in [1.807, 2.05) is 60.7 Å². The molecule has 35 heavy (non-hydrogen) atoms. The number of hydrogen-bond donors (Lipinski definition) is 1. The molecule has 0 spiro atoms. The zero-order valence-corrected chi connectivity index (χ0v) is 20.2. The Hall–Kier alpha value is -4.04. The summed E-state index contributed by atoms with van der Waals surface area (Å²) in [4.78, 5) is 42.4. The van der Waals surface area contributed by atoms with Crippen LogP contribution in [-0.2, 0) is 25.7 Å². The van der Waals surface area contributed by atoms with Crippen molar-refractivity contribution in [3.63, 3.8) is 0 Å². The van der Waals surface area contributed by atoms with Gasteiger partial charge in [0, 0.05) is 12.6 Å². The van der Waals surface area contributed by atoms with Gasteiger partial charge < -0.3 is 14.6 Å². The van der Waals surface area contributed by atoms with Crippen molar-refractivity contribution < 1.29 is 19.1 Å². The number of benzene rings is 3. The van der Waals surface area contributed by atoms with Crippen molar-refractivity contribution in [1.82, 2.24) is 4.57 Å². The van der Waals surface area contributed by atoms with Crippen molar-refractivity contribution in [2.75, 3.05) is 11.9 Å². The van der Waals surface area contributed by atoms with Crippen LogP contribution in [0.5, 0.6) is 0 Å². The number of aromatic nitrogens is 1. The maximum absolute atomic E-state index is 13.6. The van der Waals surface area contributed by atoms with Crippen molar-refractivity contribution in [3.8, 4) is 0 Å². The first-order valence-electron chi connectivity index (χ1n) is 11.2. The van der Waals surface area contributed by atoms with E-state index in [1.165, 1.54) is 18.3 Å². The molecule has 0 saturated heterocycles. The van der Waals surface area contributed by atoms with Crippen LogP contribution in [0.1, 0.15) is 30.9 Å². The Balaban J connectivity index is 1.84. The molecule has 8 heteroatoms. The molecule has 2 amide bonds. The molecule has 178 valence electrons. The first-order chi connectivity index (χ1) is 17.0. The number of anilines is 1. The molecular weight excluding hydrogens is 462 g/mol. The third-order valence-corrected chi connectivity index (χ3v) is 6.36. The molecule has 0 aliphatic carbocycles. The number of carbonyl (C=O) groups is 3. The smallest absolute Gasteiger partial charge is 0.326 e. The minimum atomic E-state index is -0.589. The molecule has 4 rings (SSSR count). The van der Waals surface area contributed by atoms with E-state index < -0.39 is 11.9 Å². The summed E-state index contributed by atoms with van der Waals surface area (Å²) in [6.45, 7) is 3.35. The third kappa shape index (κ3) is 5.73. The van der Waals surface area contributed by atoms with Gasteiger partial charge in [0.25, 0.3) is 5.91 Å². The summed E-state index contributed by atoms with van der Waals surface area (Å²) in [6.07, 6.45) is 0. The molecule has 1 N–H and O–H groups in total. The summed E-state index contributed by atoms with van der Waals surface area (Å²) in [5.74, 6) is -1.54. The second-order valence-electron chi connectivity index (χ2n) is 7.84. The summed E-state index contributed by atoms with van der Waals surface area (Å²) in [7, 11) is 0. The van der Waals surface area contributed by atoms with Crippen LogP contribution in [0.15, 0.2) is 83.9 Å². The minimum Gasteiger partial charge on any atom is -0.465 e. The van der Waals surface area contributed by atoms with E-state index in [4.69, 9.17) is 4.74 Å². The molecule has 0 bridgehead atoms. The van der Waals surface area contributed by atoms with E-state index in [9.17, 15) is 14.4 Å². The quantitative estimate of drug-likeness (QED) is 0.389. The maximum atomic E-state index is 13.6. The van der Waals surface area contributed by atoms with Crippen LogP contribution in [0.4, 0.5) is 5.69 Å². The van der Waals surface area contributed by atoms with Crippen LogP contribution in [0.2, 0.25) is 0 Å². The molecule has 0 fully saturated rings. The summed E-state index contributed by atoms with van der Waals surface area (Å²) in [5, 5.41) is 2.76. The largest absolute Gasteiger partial charge is 0.465 e. The summed E-state index contributed by atoms with van der Waals surface area (Å²) in [6, 6.07) is 24.3.